The number of benzene rings is 2. The lowest BCUT2D eigenvalue weighted by molar-refractivity contribution is -0.135. The van der Waals surface area contributed by atoms with Crippen LogP contribution in [0.1, 0.15) is 30.0 Å². The molecule has 1 N–H and O–H groups in total. The van der Waals surface area contributed by atoms with Crippen LogP contribution in [-0.2, 0) is 4.79 Å². The van der Waals surface area contributed by atoms with Crippen molar-refractivity contribution in [3.05, 3.63) is 65.2 Å². The molecule has 146 valence electrons. The van der Waals surface area contributed by atoms with E-state index in [1.54, 1.807) is 18.9 Å². The third-order valence-corrected chi connectivity index (χ3v) is 4.84. The molecular formula is C20H23ClF2N2O2. The molecule has 2 aromatic rings. The normalized spacial score (nSPS) is 17.8. The molecule has 2 aromatic carbocycles. The Labute approximate surface area is 163 Å². The van der Waals surface area contributed by atoms with Gasteiger partial charge < -0.3 is 15.0 Å². The summed E-state index contributed by atoms with van der Waals surface area (Å²) >= 11 is 0. The van der Waals surface area contributed by atoms with Gasteiger partial charge in [-0.2, -0.15) is 0 Å². The summed E-state index contributed by atoms with van der Waals surface area (Å²) < 4.78 is 32.2. The number of piperazine rings is 1. The number of rotatable bonds is 4. The minimum atomic E-state index is -0.941. The summed E-state index contributed by atoms with van der Waals surface area (Å²) in [4.78, 5) is 14.9. The van der Waals surface area contributed by atoms with Gasteiger partial charge in [-0.1, -0.05) is 24.3 Å². The van der Waals surface area contributed by atoms with Gasteiger partial charge in [-0.15, -0.1) is 12.4 Å². The van der Waals surface area contributed by atoms with Crippen LogP contribution in [0.25, 0.3) is 0 Å². The number of para-hydroxylation sites is 1. The largest absolute Gasteiger partial charge is 0.496 e. The highest BCUT2D eigenvalue weighted by Gasteiger charge is 2.32. The maximum Gasteiger partial charge on any atom is 0.230 e. The summed E-state index contributed by atoms with van der Waals surface area (Å²) in [6.45, 7) is 3.55. The standard InChI is InChI=1S/C20H22F2N2O2.ClH/c1-13(14-7-8-16(21)17(22)11-14)20(25)24-10-9-23-12-18(24)15-5-3-4-6-19(15)26-2;/h3-8,11,13,18,23H,9-10,12H2,1-2H3;1H. The highest BCUT2D eigenvalue weighted by molar-refractivity contribution is 5.85. The van der Waals surface area contributed by atoms with Gasteiger partial charge in [0, 0.05) is 25.2 Å². The zero-order valence-corrected chi connectivity index (χ0v) is 16.1. The Morgan fingerprint density at radius 1 is 1.22 bits per heavy atom. The van der Waals surface area contributed by atoms with Gasteiger partial charge in [0.15, 0.2) is 11.6 Å². The smallest absolute Gasteiger partial charge is 0.230 e. The van der Waals surface area contributed by atoms with Crippen molar-refractivity contribution in [2.45, 2.75) is 18.9 Å². The summed E-state index contributed by atoms with van der Waals surface area (Å²) in [7, 11) is 1.60. The second-order valence-corrected chi connectivity index (χ2v) is 6.39. The number of nitrogens with zero attached hydrogens (tertiary/aromatic N) is 1. The Kier molecular flexibility index (Phi) is 7.16. The number of carbonyl (C=O) groups excluding carboxylic acids is 1. The Hall–Kier alpha value is -2.18. The average Bonchev–Trinajstić information content (AvgIpc) is 2.69. The molecule has 0 aromatic heterocycles. The van der Waals surface area contributed by atoms with Crippen LogP contribution in [0.3, 0.4) is 0 Å². The van der Waals surface area contributed by atoms with Crippen molar-refractivity contribution in [1.29, 1.82) is 0 Å². The van der Waals surface area contributed by atoms with Crippen LogP contribution in [-0.4, -0.2) is 37.6 Å². The van der Waals surface area contributed by atoms with E-state index in [0.717, 1.165) is 23.4 Å². The number of hydrogen-bond acceptors (Lipinski definition) is 3. The van der Waals surface area contributed by atoms with E-state index in [9.17, 15) is 13.6 Å². The topological polar surface area (TPSA) is 41.6 Å². The molecule has 27 heavy (non-hydrogen) atoms. The molecule has 3 rings (SSSR count). The third kappa shape index (κ3) is 4.39. The lowest BCUT2D eigenvalue weighted by atomic mass is 9.96. The molecule has 1 amide bonds. The van der Waals surface area contributed by atoms with Gasteiger partial charge in [-0.3, -0.25) is 4.79 Å². The van der Waals surface area contributed by atoms with Gasteiger partial charge >= 0.3 is 0 Å². The summed E-state index contributed by atoms with van der Waals surface area (Å²) in [5.74, 6) is -1.82. The van der Waals surface area contributed by atoms with Crippen LogP contribution in [0.15, 0.2) is 42.5 Å². The van der Waals surface area contributed by atoms with Crippen molar-refractivity contribution in [3.63, 3.8) is 0 Å². The molecule has 0 saturated carbocycles. The molecule has 1 aliphatic rings. The molecule has 4 nitrogen and oxygen atoms in total. The predicted octanol–water partition coefficient (Wildman–Crippen LogP) is 3.67. The fourth-order valence-electron chi connectivity index (χ4n) is 3.36. The number of nitrogens with one attached hydrogen (secondary N) is 1. The Morgan fingerprint density at radius 3 is 2.67 bits per heavy atom. The fraction of sp³-hybridized carbons (Fsp3) is 0.350. The minimum absolute atomic E-state index is 0. The number of carbonyl (C=O) groups is 1. The summed E-state index contributed by atoms with van der Waals surface area (Å²) in [5, 5.41) is 3.31. The van der Waals surface area contributed by atoms with Crippen LogP contribution in [0.5, 0.6) is 5.75 Å². The number of hydrogen-bond donors (Lipinski definition) is 1. The number of halogens is 3. The van der Waals surface area contributed by atoms with Crippen molar-refractivity contribution >= 4 is 18.3 Å². The molecular weight excluding hydrogens is 374 g/mol. The Bertz CT molecular complexity index is 803. The summed E-state index contributed by atoms with van der Waals surface area (Å²) in [6, 6.07) is 11.0. The molecule has 0 radical (unpaired) electrons. The summed E-state index contributed by atoms with van der Waals surface area (Å²) in [5.41, 5.74) is 1.39. The van der Waals surface area contributed by atoms with Crippen molar-refractivity contribution < 1.29 is 18.3 Å². The molecule has 7 heteroatoms. The molecule has 1 fully saturated rings. The van der Waals surface area contributed by atoms with Crippen molar-refractivity contribution in [1.82, 2.24) is 10.2 Å². The molecule has 2 atom stereocenters. The number of methoxy groups -OCH3 is 1. The SMILES string of the molecule is COc1ccccc1C1CNCCN1C(=O)C(C)c1ccc(F)c(F)c1.Cl. The highest BCUT2D eigenvalue weighted by Crippen LogP contribution is 2.32. The highest BCUT2D eigenvalue weighted by atomic mass is 35.5. The molecule has 0 aliphatic carbocycles. The van der Waals surface area contributed by atoms with Crippen LogP contribution in [0.4, 0.5) is 8.78 Å². The first kappa shape index (κ1) is 21.1. The number of amides is 1. The van der Waals surface area contributed by atoms with E-state index in [-0.39, 0.29) is 24.4 Å². The zero-order valence-electron chi connectivity index (χ0n) is 15.2. The number of ether oxygens (including phenoxy) is 1. The molecule has 0 spiro atoms. The van der Waals surface area contributed by atoms with Crippen LogP contribution in [0.2, 0.25) is 0 Å². The second-order valence-electron chi connectivity index (χ2n) is 6.39. The molecule has 0 bridgehead atoms. The average molecular weight is 397 g/mol. The van der Waals surface area contributed by atoms with Gasteiger partial charge in [0.1, 0.15) is 5.75 Å². The summed E-state index contributed by atoms with van der Waals surface area (Å²) in [6.07, 6.45) is 0. The monoisotopic (exact) mass is 396 g/mol. The Morgan fingerprint density at radius 2 is 1.96 bits per heavy atom. The lowest BCUT2D eigenvalue weighted by Gasteiger charge is -2.38. The van der Waals surface area contributed by atoms with Crippen LogP contribution in [0, 0.1) is 11.6 Å². The van der Waals surface area contributed by atoms with Gasteiger partial charge in [0.05, 0.1) is 19.1 Å². The quantitative estimate of drug-likeness (QED) is 0.857. The molecule has 2 unspecified atom stereocenters. The molecule has 1 aliphatic heterocycles. The van der Waals surface area contributed by atoms with Gasteiger partial charge in [0.25, 0.3) is 0 Å². The second kappa shape index (κ2) is 9.15. The zero-order chi connectivity index (χ0) is 18.7. The third-order valence-electron chi connectivity index (χ3n) is 4.84. The predicted molar refractivity (Wildman–Crippen MR) is 102 cm³/mol. The van der Waals surface area contributed by atoms with E-state index in [0.29, 0.717) is 25.2 Å². The van der Waals surface area contributed by atoms with Crippen LogP contribution < -0.4 is 10.1 Å². The van der Waals surface area contributed by atoms with Crippen LogP contribution >= 0.6 is 12.4 Å². The van der Waals surface area contributed by atoms with E-state index >= 15 is 0 Å². The van der Waals surface area contributed by atoms with Crippen molar-refractivity contribution in [3.8, 4) is 5.75 Å². The Balaban J connectivity index is 0.00000261. The molecule has 1 saturated heterocycles. The fourth-order valence-corrected chi connectivity index (χ4v) is 3.36. The van der Waals surface area contributed by atoms with Crippen molar-refractivity contribution in [2.75, 3.05) is 26.7 Å². The molecule has 1 heterocycles. The van der Waals surface area contributed by atoms with E-state index in [4.69, 9.17) is 4.74 Å². The van der Waals surface area contributed by atoms with Gasteiger partial charge in [0.2, 0.25) is 5.91 Å². The lowest BCUT2D eigenvalue weighted by Crippen LogP contribution is -2.49. The van der Waals surface area contributed by atoms with E-state index in [1.807, 2.05) is 24.3 Å². The van der Waals surface area contributed by atoms with Crippen molar-refractivity contribution in [2.24, 2.45) is 0 Å². The maximum absolute atomic E-state index is 13.6. The first-order valence-corrected chi connectivity index (χ1v) is 8.62. The minimum Gasteiger partial charge on any atom is -0.496 e. The first-order valence-electron chi connectivity index (χ1n) is 8.62. The van der Waals surface area contributed by atoms with E-state index in [1.165, 1.54) is 6.07 Å². The van der Waals surface area contributed by atoms with Gasteiger partial charge in [-0.25, -0.2) is 8.78 Å². The first-order chi connectivity index (χ1) is 12.5. The van der Waals surface area contributed by atoms with E-state index in [2.05, 4.69) is 5.32 Å². The van der Waals surface area contributed by atoms with Gasteiger partial charge in [-0.05, 0) is 30.7 Å². The maximum atomic E-state index is 13.6. The van der Waals surface area contributed by atoms with E-state index < -0.39 is 17.6 Å².